The number of carbonyl (C=O) groups excluding carboxylic acids is 1. The van der Waals surface area contributed by atoms with E-state index < -0.39 is 0 Å². The van der Waals surface area contributed by atoms with E-state index in [0.29, 0.717) is 5.56 Å². The molecule has 0 aliphatic rings. The highest BCUT2D eigenvalue weighted by Gasteiger charge is 2.15. The Balaban J connectivity index is 2.17. The van der Waals surface area contributed by atoms with Crippen LogP contribution in [0.2, 0.25) is 0 Å². The highest BCUT2D eigenvalue weighted by Crippen LogP contribution is 2.16. The van der Waals surface area contributed by atoms with Crippen LogP contribution in [-0.4, -0.2) is 50.4 Å². The number of nitrogens with one attached hydrogen (secondary N) is 1. The average Bonchev–Trinajstić information content (AvgIpc) is 2.77. The maximum atomic E-state index is 12.2. The zero-order valence-electron chi connectivity index (χ0n) is 12.5. The molecule has 0 aliphatic carbocycles. The molecule has 2 N–H and O–H groups in total. The maximum absolute atomic E-state index is 12.2. The van der Waals surface area contributed by atoms with E-state index >= 15 is 0 Å². The summed E-state index contributed by atoms with van der Waals surface area (Å²) in [6.45, 7) is 1.83. The summed E-state index contributed by atoms with van der Waals surface area (Å²) >= 11 is 1.69. The van der Waals surface area contributed by atoms with Crippen LogP contribution in [0.15, 0.2) is 12.3 Å². The Kier molecular flexibility index (Phi) is 5.19. The second-order valence-corrected chi connectivity index (χ2v) is 5.92. The third-order valence-electron chi connectivity index (χ3n) is 3.35. The van der Waals surface area contributed by atoms with Crippen molar-refractivity contribution in [2.24, 2.45) is 7.05 Å². The quantitative estimate of drug-likeness (QED) is 0.836. The second-order valence-electron chi connectivity index (χ2n) is 4.94. The number of fused-ring (bicyclic) bond motifs is 1. The first-order chi connectivity index (χ1) is 10.1. The number of hydrogen-bond donors (Lipinski definition) is 2. The molecule has 0 aliphatic heterocycles. The molecular weight excluding hydrogens is 288 g/mol. The summed E-state index contributed by atoms with van der Waals surface area (Å²) in [7, 11) is 1.83. The maximum Gasteiger partial charge on any atom is 0.253 e. The Morgan fingerprint density at radius 1 is 1.57 bits per heavy atom. The van der Waals surface area contributed by atoms with Gasteiger partial charge in [-0.3, -0.25) is 9.48 Å². The molecule has 0 aromatic carbocycles. The van der Waals surface area contributed by atoms with Crippen LogP contribution in [0.5, 0.6) is 0 Å². The lowest BCUT2D eigenvalue weighted by Crippen LogP contribution is -2.38. The number of amides is 1. The van der Waals surface area contributed by atoms with Crippen molar-refractivity contribution in [3.8, 4) is 0 Å². The van der Waals surface area contributed by atoms with Gasteiger partial charge in [-0.05, 0) is 31.4 Å². The summed E-state index contributed by atoms with van der Waals surface area (Å²) in [6.07, 6.45) is 4.28. The first-order valence-electron chi connectivity index (χ1n) is 6.76. The van der Waals surface area contributed by atoms with Gasteiger partial charge in [-0.25, -0.2) is 4.98 Å². The molecule has 21 heavy (non-hydrogen) atoms. The number of aliphatic hydroxyl groups is 1. The van der Waals surface area contributed by atoms with Crippen LogP contribution in [0.1, 0.15) is 22.5 Å². The molecule has 1 amide bonds. The zero-order valence-corrected chi connectivity index (χ0v) is 13.3. The van der Waals surface area contributed by atoms with Crippen LogP contribution in [0.4, 0.5) is 0 Å². The van der Waals surface area contributed by atoms with Crippen LogP contribution < -0.4 is 5.32 Å². The van der Waals surface area contributed by atoms with E-state index in [1.807, 2.05) is 20.2 Å². The summed E-state index contributed by atoms with van der Waals surface area (Å²) in [6, 6.07) is 1.57. The fourth-order valence-corrected chi connectivity index (χ4v) is 2.69. The third kappa shape index (κ3) is 3.54. The van der Waals surface area contributed by atoms with Crippen molar-refractivity contribution < 1.29 is 9.90 Å². The highest BCUT2D eigenvalue weighted by atomic mass is 32.2. The average molecular weight is 308 g/mol. The van der Waals surface area contributed by atoms with Crippen LogP contribution in [0, 0.1) is 6.92 Å². The minimum atomic E-state index is -0.226. The Hall–Kier alpha value is -1.60. The Labute approximate surface area is 127 Å². The van der Waals surface area contributed by atoms with E-state index in [4.69, 9.17) is 0 Å². The number of nitrogens with zero attached hydrogens (tertiary/aromatic N) is 3. The monoisotopic (exact) mass is 308 g/mol. The summed E-state index contributed by atoms with van der Waals surface area (Å²) < 4.78 is 1.70. The van der Waals surface area contributed by atoms with Gasteiger partial charge >= 0.3 is 0 Å². The largest absolute Gasteiger partial charge is 0.394 e. The van der Waals surface area contributed by atoms with Crippen molar-refractivity contribution in [1.82, 2.24) is 20.1 Å². The molecule has 0 spiro atoms. The molecule has 0 radical (unpaired) electrons. The van der Waals surface area contributed by atoms with E-state index in [1.165, 1.54) is 0 Å². The lowest BCUT2D eigenvalue weighted by atomic mass is 10.1. The van der Waals surface area contributed by atoms with Crippen molar-refractivity contribution in [2.45, 2.75) is 19.4 Å². The molecular formula is C14H20N4O2S. The first-order valence-corrected chi connectivity index (χ1v) is 8.16. The Morgan fingerprint density at radius 2 is 2.33 bits per heavy atom. The number of aromatic nitrogens is 3. The van der Waals surface area contributed by atoms with E-state index in [1.54, 1.807) is 28.7 Å². The van der Waals surface area contributed by atoms with Gasteiger partial charge in [0.1, 0.15) is 0 Å². The van der Waals surface area contributed by atoms with Gasteiger partial charge in [-0.1, -0.05) is 0 Å². The lowest BCUT2D eigenvalue weighted by molar-refractivity contribution is 0.0915. The van der Waals surface area contributed by atoms with Crippen molar-refractivity contribution in [3.63, 3.8) is 0 Å². The Bertz CT molecular complexity index is 641. The SMILES string of the molecule is CSCC[C@H](CO)NC(=O)c1cnc2c(c1)c(C)nn2C. The summed E-state index contributed by atoms with van der Waals surface area (Å²) in [5.41, 5.74) is 2.09. The van der Waals surface area contributed by atoms with Crippen LogP contribution in [0.25, 0.3) is 11.0 Å². The topological polar surface area (TPSA) is 80.0 Å². The molecule has 0 fully saturated rings. The number of aryl methyl sites for hydroxylation is 2. The van der Waals surface area contributed by atoms with E-state index in [-0.39, 0.29) is 18.6 Å². The molecule has 2 aromatic heterocycles. The van der Waals surface area contributed by atoms with Crippen LogP contribution in [-0.2, 0) is 7.05 Å². The summed E-state index contributed by atoms with van der Waals surface area (Å²) in [5.74, 6) is 0.678. The van der Waals surface area contributed by atoms with Gasteiger partial charge in [0, 0.05) is 18.6 Å². The fraction of sp³-hybridized carbons (Fsp3) is 0.500. The van der Waals surface area contributed by atoms with Gasteiger partial charge < -0.3 is 10.4 Å². The zero-order chi connectivity index (χ0) is 15.4. The molecule has 114 valence electrons. The predicted molar refractivity (Wildman–Crippen MR) is 84.6 cm³/mol. The van der Waals surface area contributed by atoms with Gasteiger partial charge in [0.15, 0.2) is 5.65 Å². The van der Waals surface area contributed by atoms with E-state index in [9.17, 15) is 9.90 Å². The molecule has 0 bridgehead atoms. The highest BCUT2D eigenvalue weighted by molar-refractivity contribution is 7.98. The number of rotatable bonds is 6. The van der Waals surface area contributed by atoms with E-state index in [2.05, 4.69) is 15.4 Å². The number of pyridine rings is 1. The fourth-order valence-electron chi connectivity index (χ4n) is 2.17. The second kappa shape index (κ2) is 6.91. The summed E-state index contributed by atoms with van der Waals surface area (Å²) in [5, 5.41) is 17.3. The first kappa shape index (κ1) is 15.8. The Morgan fingerprint density at radius 3 is 3.00 bits per heavy atom. The normalized spacial score (nSPS) is 12.6. The van der Waals surface area contributed by atoms with Gasteiger partial charge in [0.05, 0.1) is 23.9 Å². The number of hydrogen-bond acceptors (Lipinski definition) is 5. The molecule has 0 saturated carbocycles. The number of thioether (sulfide) groups is 1. The van der Waals surface area contributed by atoms with Crippen LogP contribution >= 0.6 is 11.8 Å². The lowest BCUT2D eigenvalue weighted by Gasteiger charge is -2.15. The molecule has 7 heteroatoms. The molecule has 2 aromatic rings. The number of aliphatic hydroxyl groups excluding tert-OH is 1. The van der Waals surface area contributed by atoms with Crippen molar-refractivity contribution >= 4 is 28.7 Å². The van der Waals surface area contributed by atoms with Gasteiger partial charge in [-0.15, -0.1) is 0 Å². The van der Waals surface area contributed by atoms with E-state index in [0.717, 1.165) is 28.9 Å². The van der Waals surface area contributed by atoms with Crippen molar-refractivity contribution in [2.75, 3.05) is 18.6 Å². The molecule has 6 nitrogen and oxygen atoms in total. The van der Waals surface area contributed by atoms with Gasteiger partial charge in [-0.2, -0.15) is 16.9 Å². The van der Waals surface area contributed by atoms with Crippen molar-refractivity contribution in [1.29, 1.82) is 0 Å². The van der Waals surface area contributed by atoms with Crippen molar-refractivity contribution in [3.05, 3.63) is 23.5 Å². The minimum Gasteiger partial charge on any atom is -0.394 e. The third-order valence-corrected chi connectivity index (χ3v) is 4.00. The number of carbonyl (C=O) groups is 1. The molecule has 2 heterocycles. The standard InChI is InChI=1S/C14H20N4O2S/c1-9-12-6-10(7-15-13(12)18(2)17-9)14(20)16-11(8-19)4-5-21-3/h6-7,11,19H,4-5,8H2,1-3H3,(H,16,20)/t11-/m1/s1. The molecule has 0 unspecified atom stereocenters. The molecule has 0 saturated heterocycles. The van der Waals surface area contributed by atoms with Crippen LogP contribution in [0.3, 0.4) is 0 Å². The minimum absolute atomic E-state index is 0.0616. The molecule has 1 atom stereocenters. The molecule has 2 rings (SSSR count). The van der Waals surface area contributed by atoms with Gasteiger partial charge in [0.2, 0.25) is 0 Å². The van der Waals surface area contributed by atoms with Gasteiger partial charge in [0.25, 0.3) is 5.91 Å². The summed E-state index contributed by atoms with van der Waals surface area (Å²) in [4.78, 5) is 16.5. The smallest absolute Gasteiger partial charge is 0.253 e. The predicted octanol–water partition coefficient (Wildman–Crippen LogP) is 1.12.